The Morgan fingerprint density at radius 3 is 1.57 bits per heavy atom. The van der Waals surface area contributed by atoms with Gasteiger partial charge in [0, 0.05) is 32.9 Å². The molecule has 80 heavy (non-hydrogen) atoms. The highest BCUT2D eigenvalue weighted by Gasteiger charge is 2.54. The Hall–Kier alpha value is -4.08. The number of methoxy groups -OCH3 is 1. The van der Waals surface area contributed by atoms with Crippen LogP contribution in [-0.4, -0.2) is 225 Å². The number of hydrogen-bond acceptors (Lipinski definition) is 25. The minimum absolute atomic E-state index is 0.0306. The summed E-state index contributed by atoms with van der Waals surface area (Å²) in [5.41, 5.74) is 0. The number of rotatable bonds is 33. The molecule has 3 aliphatic heterocycles. The van der Waals surface area contributed by atoms with Crippen LogP contribution < -0.4 is 16.0 Å². The maximum atomic E-state index is 14.0. The van der Waals surface area contributed by atoms with Gasteiger partial charge < -0.3 is 104 Å². The van der Waals surface area contributed by atoms with Gasteiger partial charge in [-0.2, -0.15) is 0 Å². The van der Waals surface area contributed by atoms with E-state index in [-0.39, 0.29) is 64.4 Å². The third kappa shape index (κ3) is 22.6. The number of ether oxygens (including phenoxy) is 10. The predicted molar refractivity (Wildman–Crippen MR) is 269 cm³/mol. The van der Waals surface area contributed by atoms with Gasteiger partial charge in [0.05, 0.1) is 57.2 Å². The zero-order valence-electron chi connectivity index (χ0n) is 46.4. The molecule has 19 atom stereocenters. The Labute approximate surface area is 463 Å². The van der Waals surface area contributed by atoms with Crippen LogP contribution in [0.15, 0.2) is 0 Å². The first-order valence-electron chi connectivity index (χ1n) is 26.9. The van der Waals surface area contributed by atoms with Crippen LogP contribution in [0.2, 0.25) is 0 Å². The Morgan fingerprint density at radius 2 is 1.09 bits per heavy atom. The van der Waals surface area contributed by atoms with Gasteiger partial charge >= 0.3 is 31.7 Å². The molecule has 3 heterocycles. The summed E-state index contributed by atoms with van der Waals surface area (Å²) < 4.78 is 75.1. The second kappa shape index (κ2) is 34.5. The van der Waals surface area contributed by atoms with Crippen molar-refractivity contribution in [2.75, 3.05) is 26.9 Å². The number of nitrogens with one attached hydrogen (secondary N) is 3. The minimum Gasteiger partial charge on any atom is -0.462 e. The Kier molecular flexibility index (Phi) is 30.3. The van der Waals surface area contributed by atoms with Gasteiger partial charge in [-0.15, -0.1) is 0 Å². The molecule has 11 N–H and O–H groups in total. The summed E-state index contributed by atoms with van der Waals surface area (Å²) >= 11 is 0. The number of aliphatic hydroxyl groups excluding tert-OH is 6. The van der Waals surface area contributed by atoms with E-state index in [1.807, 2.05) is 0 Å². The standard InChI is InChI=1S/C49H84N3O27P/c1-9-25(53)18-36(60)77-45-38(51-32(56)20-27(11-3)73-34(58)13-5)47(69-8)76-30(41(45)63)23-71-48-39(52-33(57)21-28(12-4)74-35(59)14-6)46(78-37(61)19-26(54)10-2)44(79-80(66,67)68)29(75-48)22-50-31(55)16-15-17-70-49-43(65)42(64)40(62)24(7)72-49/h24-30,38-49,53-54,62-65H,9-23H2,1-8H3,(H,50,55)(H,51,56)(H,52,57)(H2,66,67,68)/t24?,25-,26-,27-,28-,29?,30?,38?,39?,40+,41-,42?,43?,44-,45?,46?,47-,48-,49-/m1/s1. The highest BCUT2D eigenvalue weighted by Crippen LogP contribution is 2.42. The number of carbonyl (C=O) groups excluding carboxylic acids is 7. The zero-order valence-corrected chi connectivity index (χ0v) is 47.3. The molecule has 3 saturated heterocycles. The Bertz CT molecular complexity index is 2020. The van der Waals surface area contributed by atoms with Gasteiger partial charge in [0.1, 0.15) is 67.0 Å². The van der Waals surface area contributed by atoms with Gasteiger partial charge in [-0.25, -0.2) is 4.57 Å². The highest BCUT2D eigenvalue weighted by atomic mass is 31.2. The topological polar surface area (TPSA) is 436 Å². The fourth-order valence-electron chi connectivity index (χ4n) is 8.47. The van der Waals surface area contributed by atoms with E-state index < -0.39 is 198 Å². The molecule has 0 saturated carbocycles. The molecule has 0 aromatic heterocycles. The predicted octanol–water partition coefficient (Wildman–Crippen LogP) is -1.96. The van der Waals surface area contributed by atoms with E-state index in [0.29, 0.717) is 0 Å². The van der Waals surface area contributed by atoms with Crippen LogP contribution in [-0.2, 0) is 90.0 Å². The summed E-state index contributed by atoms with van der Waals surface area (Å²) in [7, 11) is -4.48. The summed E-state index contributed by atoms with van der Waals surface area (Å²) in [6.07, 6.45) is -27.9. The minimum atomic E-state index is -5.64. The van der Waals surface area contributed by atoms with E-state index in [0.717, 1.165) is 7.11 Å². The van der Waals surface area contributed by atoms with E-state index >= 15 is 0 Å². The summed E-state index contributed by atoms with van der Waals surface area (Å²) in [4.78, 5) is 113. The first-order valence-corrected chi connectivity index (χ1v) is 28.4. The SMILES string of the molecule is CCC(=O)O[C@H](CC)CC(=O)NC1C(OC(=O)C[C@H](O)CC)[C@H](O)C(CO[C@@H]2OC(CNC(=O)CCCO[C@@H]3OC(C)[C@H](O)C(O)C3O)[C@@H](OP(=O)(O)O)C(OC(=O)C[C@H](O)CC)C2NC(=O)C[C@@H](CC)OC(=O)CC)O[C@H]1OC. The molecular weight excluding hydrogens is 1090 g/mol. The average Bonchev–Trinajstić information content (AvgIpc) is 3.40. The summed E-state index contributed by atoms with van der Waals surface area (Å²) in [6, 6.07) is -3.33. The molecule has 0 spiro atoms. The Balaban J connectivity index is 2.08. The van der Waals surface area contributed by atoms with Crippen LogP contribution >= 0.6 is 7.82 Å². The zero-order chi connectivity index (χ0) is 60.0. The van der Waals surface area contributed by atoms with Crippen LogP contribution in [0.4, 0.5) is 0 Å². The summed E-state index contributed by atoms with van der Waals surface area (Å²) in [6.45, 7) is 9.24. The van der Waals surface area contributed by atoms with Crippen LogP contribution in [0.5, 0.6) is 0 Å². The lowest BCUT2D eigenvalue weighted by molar-refractivity contribution is -0.299. The molecule has 0 radical (unpaired) electrons. The largest absolute Gasteiger partial charge is 0.470 e. The molecule has 3 aliphatic rings. The first kappa shape index (κ1) is 70.2. The molecule has 3 amide bonds. The van der Waals surface area contributed by atoms with Crippen molar-refractivity contribution >= 4 is 49.4 Å². The molecule has 0 bridgehead atoms. The van der Waals surface area contributed by atoms with Gasteiger partial charge in [0.25, 0.3) is 0 Å². The van der Waals surface area contributed by atoms with Crippen molar-refractivity contribution in [1.29, 1.82) is 0 Å². The number of phosphoric ester groups is 1. The van der Waals surface area contributed by atoms with E-state index in [1.165, 1.54) is 13.8 Å². The molecule has 31 heteroatoms. The van der Waals surface area contributed by atoms with Crippen LogP contribution in [0.25, 0.3) is 0 Å². The van der Waals surface area contributed by atoms with Gasteiger partial charge in [0.2, 0.25) is 17.7 Å². The molecule has 0 aromatic carbocycles. The molecule has 9 unspecified atom stereocenters. The maximum absolute atomic E-state index is 14.0. The second-order valence-electron chi connectivity index (χ2n) is 19.4. The number of carbonyl (C=O) groups is 7. The quantitative estimate of drug-likeness (QED) is 0.0147. The number of amides is 3. The number of esters is 4. The first-order chi connectivity index (χ1) is 37.7. The van der Waals surface area contributed by atoms with E-state index in [4.69, 9.17) is 51.9 Å². The molecule has 0 aliphatic carbocycles. The number of hydrogen-bond donors (Lipinski definition) is 11. The van der Waals surface area contributed by atoms with E-state index in [9.17, 15) is 78.6 Å². The maximum Gasteiger partial charge on any atom is 0.470 e. The third-order valence-corrected chi connectivity index (χ3v) is 13.7. The molecular formula is C49H84N3O27P. The van der Waals surface area contributed by atoms with Crippen molar-refractivity contribution in [3.05, 3.63) is 0 Å². The lowest BCUT2D eigenvalue weighted by Gasteiger charge is -2.47. The van der Waals surface area contributed by atoms with Gasteiger partial charge in [0.15, 0.2) is 31.1 Å². The lowest BCUT2D eigenvalue weighted by atomic mass is 9.94. The van der Waals surface area contributed by atoms with Gasteiger partial charge in [-0.3, -0.25) is 38.1 Å². The highest BCUT2D eigenvalue weighted by molar-refractivity contribution is 7.46. The Morgan fingerprint density at radius 1 is 0.575 bits per heavy atom. The molecule has 0 aromatic rings. The van der Waals surface area contributed by atoms with Gasteiger partial charge in [-0.1, -0.05) is 41.5 Å². The molecule has 3 rings (SSSR count). The van der Waals surface area contributed by atoms with Crippen LogP contribution in [0.3, 0.4) is 0 Å². The molecule has 3 fully saturated rings. The fourth-order valence-corrected chi connectivity index (χ4v) is 9.04. The van der Waals surface area contributed by atoms with Crippen molar-refractivity contribution in [3.63, 3.8) is 0 Å². The van der Waals surface area contributed by atoms with Crippen molar-refractivity contribution in [2.45, 2.75) is 242 Å². The number of phosphoric acid groups is 1. The van der Waals surface area contributed by atoms with Crippen molar-refractivity contribution in [2.24, 2.45) is 0 Å². The van der Waals surface area contributed by atoms with Crippen molar-refractivity contribution in [3.8, 4) is 0 Å². The molecule has 462 valence electrons. The van der Waals surface area contributed by atoms with Crippen LogP contribution in [0.1, 0.15) is 126 Å². The number of aliphatic hydroxyl groups is 6. The van der Waals surface area contributed by atoms with Gasteiger partial charge in [-0.05, 0) is 39.0 Å². The van der Waals surface area contributed by atoms with E-state index in [2.05, 4.69) is 16.0 Å². The summed E-state index contributed by atoms with van der Waals surface area (Å²) in [5, 5.41) is 70.8. The fraction of sp³-hybridized carbons (Fsp3) is 0.857. The monoisotopic (exact) mass is 1180 g/mol. The van der Waals surface area contributed by atoms with E-state index in [1.54, 1.807) is 34.6 Å². The average molecular weight is 1180 g/mol. The molecule has 30 nitrogen and oxygen atoms in total. The summed E-state index contributed by atoms with van der Waals surface area (Å²) in [5.74, 6) is -5.81. The van der Waals surface area contributed by atoms with Crippen molar-refractivity contribution < 1.29 is 130 Å². The van der Waals surface area contributed by atoms with Crippen molar-refractivity contribution in [1.82, 2.24) is 16.0 Å². The normalized spacial score (nSPS) is 30.4. The van der Waals surface area contributed by atoms with Crippen LogP contribution in [0, 0.1) is 0 Å². The smallest absolute Gasteiger partial charge is 0.462 e. The second-order valence-corrected chi connectivity index (χ2v) is 20.6. The third-order valence-electron chi connectivity index (χ3n) is 13.2. The lowest BCUT2D eigenvalue weighted by Crippen LogP contribution is -2.68.